The lowest BCUT2D eigenvalue weighted by atomic mass is 9.90. The van der Waals surface area contributed by atoms with Crippen molar-refractivity contribution >= 4 is 11.9 Å². The molecule has 0 radical (unpaired) electrons. The Kier molecular flexibility index (Phi) is 9.30. The number of hydrogen-bond acceptors (Lipinski definition) is 4. The highest BCUT2D eigenvalue weighted by Gasteiger charge is 2.28. The molecule has 0 bridgehead atoms. The van der Waals surface area contributed by atoms with E-state index in [2.05, 4.69) is 0 Å². The fourth-order valence-electron chi connectivity index (χ4n) is 2.80. The molecule has 0 saturated carbocycles. The summed E-state index contributed by atoms with van der Waals surface area (Å²) in [4.78, 5) is 23.6. The predicted octanol–water partition coefficient (Wildman–Crippen LogP) is 4.84. The van der Waals surface area contributed by atoms with Crippen molar-refractivity contribution in [1.82, 2.24) is 0 Å². The zero-order chi connectivity index (χ0) is 19.7. The normalized spacial score (nSPS) is 13.4. The van der Waals surface area contributed by atoms with Gasteiger partial charge in [-0.15, -0.1) is 0 Å². The SMILES string of the molecule is CCCCOC(C)c1ccc(C(=O)O)c(C(C)OCCCC)c1C(=O)O. The third-order valence-electron chi connectivity index (χ3n) is 4.30. The number of aromatic carboxylic acids is 2. The number of carboxylic acid groups (broad SMARTS) is 2. The Morgan fingerprint density at radius 3 is 1.92 bits per heavy atom. The van der Waals surface area contributed by atoms with Crippen molar-refractivity contribution in [3.63, 3.8) is 0 Å². The Morgan fingerprint density at radius 2 is 1.46 bits per heavy atom. The molecule has 0 spiro atoms. The van der Waals surface area contributed by atoms with Crippen LogP contribution in [0.1, 0.15) is 97.4 Å². The van der Waals surface area contributed by atoms with E-state index in [-0.39, 0.29) is 16.7 Å². The summed E-state index contributed by atoms with van der Waals surface area (Å²) in [7, 11) is 0. The summed E-state index contributed by atoms with van der Waals surface area (Å²) >= 11 is 0. The van der Waals surface area contributed by atoms with E-state index in [1.807, 2.05) is 13.8 Å². The highest BCUT2D eigenvalue weighted by Crippen LogP contribution is 2.32. The van der Waals surface area contributed by atoms with Gasteiger partial charge in [0.05, 0.1) is 23.3 Å². The lowest BCUT2D eigenvalue weighted by Crippen LogP contribution is -2.18. The monoisotopic (exact) mass is 366 g/mol. The van der Waals surface area contributed by atoms with Gasteiger partial charge in [0.2, 0.25) is 0 Å². The van der Waals surface area contributed by atoms with Crippen molar-refractivity contribution in [3.05, 3.63) is 34.4 Å². The van der Waals surface area contributed by atoms with Crippen LogP contribution in [-0.2, 0) is 9.47 Å². The summed E-state index contributed by atoms with van der Waals surface area (Å²) in [5, 5.41) is 19.3. The summed E-state index contributed by atoms with van der Waals surface area (Å²) < 4.78 is 11.5. The first-order chi connectivity index (χ1) is 12.3. The maximum atomic E-state index is 12.0. The minimum Gasteiger partial charge on any atom is -0.478 e. The molecule has 0 aliphatic rings. The van der Waals surface area contributed by atoms with Crippen LogP contribution in [-0.4, -0.2) is 35.4 Å². The van der Waals surface area contributed by atoms with Gasteiger partial charge >= 0.3 is 11.9 Å². The Balaban J connectivity index is 3.34. The van der Waals surface area contributed by atoms with E-state index in [9.17, 15) is 19.8 Å². The summed E-state index contributed by atoms with van der Waals surface area (Å²) in [5.41, 5.74) is 0.595. The fourth-order valence-corrected chi connectivity index (χ4v) is 2.80. The van der Waals surface area contributed by atoms with Crippen LogP contribution in [0.25, 0.3) is 0 Å². The average Bonchev–Trinajstić information content (AvgIpc) is 2.60. The van der Waals surface area contributed by atoms with E-state index in [1.165, 1.54) is 12.1 Å². The molecule has 6 nitrogen and oxygen atoms in total. The molecule has 146 valence electrons. The van der Waals surface area contributed by atoms with Gasteiger partial charge in [-0.05, 0) is 38.3 Å². The molecule has 0 aliphatic heterocycles. The zero-order valence-corrected chi connectivity index (χ0v) is 16.1. The molecular formula is C20H30O6. The number of carbonyl (C=O) groups is 2. The topological polar surface area (TPSA) is 93.1 Å². The van der Waals surface area contributed by atoms with Crippen LogP contribution in [0.5, 0.6) is 0 Å². The van der Waals surface area contributed by atoms with Gasteiger partial charge in [-0.2, -0.15) is 0 Å². The number of ether oxygens (including phenoxy) is 2. The third kappa shape index (κ3) is 5.81. The Hall–Kier alpha value is -1.92. The number of benzene rings is 1. The van der Waals surface area contributed by atoms with Gasteiger partial charge < -0.3 is 19.7 Å². The van der Waals surface area contributed by atoms with Crippen LogP contribution >= 0.6 is 0 Å². The highest BCUT2D eigenvalue weighted by molar-refractivity contribution is 5.98. The van der Waals surface area contributed by atoms with Crippen molar-refractivity contribution in [1.29, 1.82) is 0 Å². The van der Waals surface area contributed by atoms with Crippen LogP contribution in [0.2, 0.25) is 0 Å². The van der Waals surface area contributed by atoms with Gasteiger partial charge in [0.25, 0.3) is 0 Å². The lowest BCUT2D eigenvalue weighted by Gasteiger charge is -2.23. The quantitative estimate of drug-likeness (QED) is 0.514. The van der Waals surface area contributed by atoms with Gasteiger partial charge in [-0.3, -0.25) is 0 Å². The molecule has 2 N–H and O–H groups in total. The molecule has 0 fully saturated rings. The van der Waals surface area contributed by atoms with Crippen molar-refractivity contribution in [2.45, 2.75) is 65.6 Å². The van der Waals surface area contributed by atoms with Gasteiger partial charge in [0, 0.05) is 18.8 Å². The van der Waals surface area contributed by atoms with Gasteiger partial charge in [0.15, 0.2) is 0 Å². The second-order valence-corrected chi connectivity index (χ2v) is 6.33. The minimum atomic E-state index is -1.17. The number of carboxylic acids is 2. The van der Waals surface area contributed by atoms with Crippen LogP contribution in [0.4, 0.5) is 0 Å². The van der Waals surface area contributed by atoms with Crippen molar-refractivity contribution < 1.29 is 29.3 Å². The summed E-state index contributed by atoms with van der Waals surface area (Å²) in [5.74, 6) is -2.34. The van der Waals surface area contributed by atoms with Crippen molar-refractivity contribution in [3.8, 4) is 0 Å². The number of unbranched alkanes of at least 4 members (excludes halogenated alkanes) is 2. The average molecular weight is 366 g/mol. The van der Waals surface area contributed by atoms with E-state index in [0.717, 1.165) is 25.7 Å². The molecule has 2 atom stereocenters. The second kappa shape index (κ2) is 10.9. The molecule has 0 aromatic heterocycles. The molecule has 1 aromatic rings. The molecule has 0 heterocycles. The van der Waals surface area contributed by atoms with E-state index >= 15 is 0 Å². The van der Waals surface area contributed by atoms with E-state index < -0.39 is 24.1 Å². The lowest BCUT2D eigenvalue weighted by molar-refractivity contribution is 0.0506. The first-order valence-corrected chi connectivity index (χ1v) is 9.21. The predicted molar refractivity (Wildman–Crippen MR) is 98.9 cm³/mol. The maximum absolute atomic E-state index is 12.0. The van der Waals surface area contributed by atoms with Crippen LogP contribution in [0.15, 0.2) is 12.1 Å². The van der Waals surface area contributed by atoms with Gasteiger partial charge in [0.1, 0.15) is 0 Å². The van der Waals surface area contributed by atoms with E-state index in [1.54, 1.807) is 13.8 Å². The third-order valence-corrected chi connectivity index (χ3v) is 4.30. The Bertz CT molecular complexity index is 611. The van der Waals surface area contributed by atoms with Gasteiger partial charge in [-0.1, -0.05) is 32.8 Å². The van der Waals surface area contributed by atoms with Crippen LogP contribution < -0.4 is 0 Å². The Morgan fingerprint density at radius 1 is 0.923 bits per heavy atom. The van der Waals surface area contributed by atoms with Crippen molar-refractivity contribution in [2.24, 2.45) is 0 Å². The maximum Gasteiger partial charge on any atom is 0.336 e. The highest BCUT2D eigenvalue weighted by atomic mass is 16.5. The zero-order valence-electron chi connectivity index (χ0n) is 16.1. The fraction of sp³-hybridized carbons (Fsp3) is 0.600. The summed E-state index contributed by atoms with van der Waals surface area (Å²) in [6, 6.07) is 2.98. The molecule has 0 amide bonds. The van der Waals surface area contributed by atoms with Crippen molar-refractivity contribution in [2.75, 3.05) is 13.2 Å². The summed E-state index contributed by atoms with van der Waals surface area (Å²) in [6.07, 6.45) is 2.53. The molecule has 26 heavy (non-hydrogen) atoms. The molecule has 1 aromatic carbocycles. The standard InChI is InChI=1S/C20H30O6/c1-5-7-11-25-13(3)15-9-10-16(19(21)22)17(18(15)20(23)24)14(4)26-12-8-6-2/h9-10,13-14H,5-8,11-12H2,1-4H3,(H,21,22)(H,23,24). The first kappa shape index (κ1) is 22.1. The molecular weight excluding hydrogens is 336 g/mol. The smallest absolute Gasteiger partial charge is 0.336 e. The van der Waals surface area contributed by atoms with Gasteiger partial charge in [-0.25, -0.2) is 9.59 Å². The number of rotatable bonds is 12. The molecule has 0 aliphatic carbocycles. The molecule has 1 rings (SSSR count). The Labute approximate surface area is 155 Å². The van der Waals surface area contributed by atoms with E-state index in [0.29, 0.717) is 18.8 Å². The second-order valence-electron chi connectivity index (χ2n) is 6.33. The van der Waals surface area contributed by atoms with E-state index in [4.69, 9.17) is 9.47 Å². The largest absolute Gasteiger partial charge is 0.478 e. The van der Waals surface area contributed by atoms with Crippen LogP contribution in [0, 0.1) is 0 Å². The summed E-state index contributed by atoms with van der Waals surface area (Å²) in [6.45, 7) is 8.51. The van der Waals surface area contributed by atoms with Crippen LogP contribution in [0.3, 0.4) is 0 Å². The first-order valence-electron chi connectivity index (χ1n) is 9.21. The molecule has 2 unspecified atom stereocenters. The number of hydrogen-bond donors (Lipinski definition) is 2. The minimum absolute atomic E-state index is 0.0297. The molecule has 6 heteroatoms. The molecule has 0 saturated heterocycles.